The van der Waals surface area contributed by atoms with Gasteiger partial charge in [0.2, 0.25) is 0 Å². The first-order valence-corrected chi connectivity index (χ1v) is 8.00. The van der Waals surface area contributed by atoms with Gasteiger partial charge in [-0.3, -0.25) is 4.79 Å². The van der Waals surface area contributed by atoms with E-state index in [4.69, 9.17) is 14.2 Å². The maximum atomic E-state index is 11.8. The molecule has 2 rings (SSSR count). The Labute approximate surface area is 131 Å². The van der Waals surface area contributed by atoms with Crippen molar-refractivity contribution in [3.8, 4) is 11.5 Å². The van der Waals surface area contributed by atoms with E-state index < -0.39 is 0 Å². The number of nitrogens with one attached hydrogen (secondary N) is 1. The standard InChI is InChI=1S/C17H25NO4/c1-4-20-15-9-12-7-8-18-14(11-17(19)22-6-3)13(12)10-16(15)21-5-2/h9-10,14,18H,4-8,11H2,1-3H3. The van der Waals surface area contributed by atoms with Crippen molar-refractivity contribution in [1.82, 2.24) is 5.32 Å². The van der Waals surface area contributed by atoms with Crippen molar-refractivity contribution in [3.05, 3.63) is 23.3 Å². The summed E-state index contributed by atoms with van der Waals surface area (Å²) in [7, 11) is 0. The average molecular weight is 307 g/mol. The molecule has 0 aliphatic carbocycles. The maximum absolute atomic E-state index is 11.8. The highest BCUT2D eigenvalue weighted by Crippen LogP contribution is 2.36. The number of benzene rings is 1. The smallest absolute Gasteiger partial charge is 0.307 e. The molecule has 5 nitrogen and oxygen atoms in total. The summed E-state index contributed by atoms with van der Waals surface area (Å²) in [5, 5.41) is 3.39. The molecule has 1 aliphatic rings. The number of fused-ring (bicyclic) bond motifs is 1. The van der Waals surface area contributed by atoms with E-state index in [9.17, 15) is 4.79 Å². The van der Waals surface area contributed by atoms with Crippen LogP contribution >= 0.6 is 0 Å². The number of hydrogen-bond acceptors (Lipinski definition) is 5. The summed E-state index contributed by atoms with van der Waals surface area (Å²) in [6, 6.07) is 4.01. The fourth-order valence-corrected chi connectivity index (χ4v) is 2.75. The molecule has 0 bridgehead atoms. The first-order chi connectivity index (χ1) is 10.7. The van der Waals surface area contributed by atoms with Gasteiger partial charge in [-0.15, -0.1) is 0 Å². The van der Waals surface area contributed by atoms with Crippen molar-refractivity contribution in [2.45, 2.75) is 39.7 Å². The number of carbonyl (C=O) groups is 1. The Bertz CT molecular complexity index is 516. The van der Waals surface area contributed by atoms with E-state index in [0.29, 0.717) is 26.2 Å². The largest absolute Gasteiger partial charge is 0.490 e. The van der Waals surface area contributed by atoms with E-state index in [2.05, 4.69) is 5.32 Å². The number of ether oxygens (including phenoxy) is 3. The first-order valence-electron chi connectivity index (χ1n) is 8.00. The van der Waals surface area contributed by atoms with Crippen LogP contribution in [0.1, 0.15) is 44.4 Å². The van der Waals surface area contributed by atoms with Gasteiger partial charge < -0.3 is 19.5 Å². The highest BCUT2D eigenvalue weighted by molar-refractivity contribution is 5.71. The van der Waals surface area contributed by atoms with Crippen molar-refractivity contribution >= 4 is 5.97 Å². The Hall–Kier alpha value is -1.75. The molecular formula is C17H25NO4. The van der Waals surface area contributed by atoms with Crippen LogP contribution in [-0.4, -0.2) is 32.3 Å². The summed E-state index contributed by atoms with van der Waals surface area (Å²) in [4.78, 5) is 11.8. The molecule has 1 heterocycles. The van der Waals surface area contributed by atoms with Gasteiger partial charge in [-0.25, -0.2) is 0 Å². The fourth-order valence-electron chi connectivity index (χ4n) is 2.75. The van der Waals surface area contributed by atoms with Crippen LogP contribution in [0.25, 0.3) is 0 Å². The Morgan fingerprint density at radius 3 is 2.45 bits per heavy atom. The van der Waals surface area contributed by atoms with E-state index in [1.807, 2.05) is 32.9 Å². The summed E-state index contributed by atoms with van der Waals surface area (Å²) < 4.78 is 16.4. The monoisotopic (exact) mass is 307 g/mol. The van der Waals surface area contributed by atoms with Crippen LogP contribution in [0.3, 0.4) is 0 Å². The average Bonchev–Trinajstić information content (AvgIpc) is 2.49. The maximum Gasteiger partial charge on any atom is 0.307 e. The third kappa shape index (κ3) is 3.91. The predicted octanol–water partition coefficient (Wildman–Crippen LogP) is 2.62. The second-order valence-electron chi connectivity index (χ2n) is 5.13. The van der Waals surface area contributed by atoms with Crippen molar-refractivity contribution in [2.24, 2.45) is 0 Å². The van der Waals surface area contributed by atoms with Crippen molar-refractivity contribution in [1.29, 1.82) is 0 Å². The summed E-state index contributed by atoms with van der Waals surface area (Å²) in [6.07, 6.45) is 1.25. The summed E-state index contributed by atoms with van der Waals surface area (Å²) in [6.45, 7) is 8.16. The van der Waals surface area contributed by atoms with Crippen molar-refractivity contribution in [3.63, 3.8) is 0 Å². The van der Waals surface area contributed by atoms with E-state index >= 15 is 0 Å². The van der Waals surface area contributed by atoms with Crippen LogP contribution in [0.2, 0.25) is 0 Å². The summed E-state index contributed by atoms with van der Waals surface area (Å²) in [5.74, 6) is 1.33. The number of rotatable bonds is 7. The molecule has 22 heavy (non-hydrogen) atoms. The van der Waals surface area contributed by atoms with Crippen LogP contribution in [0.5, 0.6) is 11.5 Å². The lowest BCUT2D eigenvalue weighted by Gasteiger charge is -2.28. The molecule has 1 atom stereocenters. The number of esters is 1. The number of hydrogen-bond donors (Lipinski definition) is 1. The van der Waals surface area contributed by atoms with Gasteiger partial charge in [0.25, 0.3) is 0 Å². The van der Waals surface area contributed by atoms with Crippen LogP contribution in [-0.2, 0) is 16.0 Å². The van der Waals surface area contributed by atoms with Crippen molar-refractivity contribution in [2.75, 3.05) is 26.4 Å². The van der Waals surface area contributed by atoms with E-state index in [1.165, 1.54) is 5.56 Å². The fraction of sp³-hybridized carbons (Fsp3) is 0.588. The van der Waals surface area contributed by atoms with Gasteiger partial charge in [-0.2, -0.15) is 0 Å². The Morgan fingerprint density at radius 1 is 1.14 bits per heavy atom. The van der Waals surface area contributed by atoms with E-state index in [1.54, 1.807) is 0 Å². The highest BCUT2D eigenvalue weighted by atomic mass is 16.5. The molecule has 1 unspecified atom stereocenters. The van der Waals surface area contributed by atoms with Crippen LogP contribution < -0.4 is 14.8 Å². The zero-order valence-electron chi connectivity index (χ0n) is 13.6. The minimum absolute atomic E-state index is 0.0299. The lowest BCUT2D eigenvalue weighted by molar-refractivity contribution is -0.143. The lowest BCUT2D eigenvalue weighted by atomic mass is 9.92. The molecule has 1 aromatic rings. The molecule has 0 aromatic heterocycles. The molecule has 0 spiro atoms. The van der Waals surface area contributed by atoms with Crippen molar-refractivity contribution < 1.29 is 19.0 Å². The van der Waals surface area contributed by atoms with Gasteiger partial charge in [0, 0.05) is 6.04 Å². The second-order valence-corrected chi connectivity index (χ2v) is 5.13. The number of carbonyl (C=O) groups excluding carboxylic acids is 1. The zero-order chi connectivity index (χ0) is 15.9. The molecule has 0 saturated heterocycles. The molecule has 1 aromatic carbocycles. The molecule has 5 heteroatoms. The quantitative estimate of drug-likeness (QED) is 0.785. The second kappa shape index (κ2) is 8.03. The molecule has 0 amide bonds. The molecule has 0 saturated carbocycles. The highest BCUT2D eigenvalue weighted by Gasteiger charge is 2.25. The van der Waals surface area contributed by atoms with Crippen LogP contribution in [0, 0.1) is 0 Å². The Balaban J connectivity index is 2.28. The SMILES string of the molecule is CCOC(=O)CC1NCCc2cc(OCC)c(OCC)cc21. The van der Waals surface area contributed by atoms with E-state index in [0.717, 1.165) is 30.0 Å². The van der Waals surface area contributed by atoms with Gasteiger partial charge in [0.1, 0.15) is 0 Å². The molecule has 1 N–H and O–H groups in total. The van der Waals surface area contributed by atoms with Gasteiger partial charge in [0.15, 0.2) is 11.5 Å². The lowest BCUT2D eigenvalue weighted by Crippen LogP contribution is -2.32. The predicted molar refractivity (Wildman–Crippen MR) is 84.5 cm³/mol. The van der Waals surface area contributed by atoms with Gasteiger partial charge in [-0.05, 0) is 57.0 Å². The zero-order valence-corrected chi connectivity index (χ0v) is 13.6. The third-order valence-electron chi connectivity index (χ3n) is 3.64. The minimum atomic E-state index is -0.181. The molecule has 1 aliphatic heterocycles. The molecule has 0 fully saturated rings. The molecule has 122 valence electrons. The van der Waals surface area contributed by atoms with Crippen LogP contribution in [0.4, 0.5) is 0 Å². The van der Waals surface area contributed by atoms with E-state index in [-0.39, 0.29) is 12.0 Å². The Kier molecular flexibility index (Phi) is 6.07. The van der Waals surface area contributed by atoms with Gasteiger partial charge in [0.05, 0.1) is 26.2 Å². The molecular weight excluding hydrogens is 282 g/mol. The van der Waals surface area contributed by atoms with Crippen LogP contribution in [0.15, 0.2) is 12.1 Å². The normalized spacial score (nSPS) is 16.8. The van der Waals surface area contributed by atoms with Gasteiger partial charge >= 0.3 is 5.97 Å². The van der Waals surface area contributed by atoms with Gasteiger partial charge in [-0.1, -0.05) is 0 Å². The minimum Gasteiger partial charge on any atom is -0.490 e. The first kappa shape index (κ1) is 16.6. The summed E-state index contributed by atoms with van der Waals surface area (Å²) in [5.41, 5.74) is 2.31. The molecule has 0 radical (unpaired) electrons. The summed E-state index contributed by atoms with van der Waals surface area (Å²) >= 11 is 0. The topological polar surface area (TPSA) is 56.8 Å². The third-order valence-corrected chi connectivity index (χ3v) is 3.64. The Morgan fingerprint density at radius 2 is 1.82 bits per heavy atom.